The molecule has 3 amide bonds. The van der Waals surface area contributed by atoms with Gasteiger partial charge < -0.3 is 15.5 Å². The normalized spacial score (nSPS) is 11.9. The first-order chi connectivity index (χ1) is 15.2. The molecular weight excluding hydrogens is 438 g/mol. The van der Waals surface area contributed by atoms with Crippen molar-refractivity contribution in [1.29, 1.82) is 0 Å². The van der Waals surface area contributed by atoms with Crippen LogP contribution in [0.5, 0.6) is 0 Å². The molecule has 0 aliphatic rings. The molecule has 0 fully saturated rings. The van der Waals surface area contributed by atoms with Crippen molar-refractivity contribution in [2.24, 2.45) is 0 Å². The summed E-state index contributed by atoms with van der Waals surface area (Å²) < 4.78 is 1.83. The summed E-state index contributed by atoms with van der Waals surface area (Å²) in [5.74, 6) is 0.354. The number of hydrogen-bond acceptors (Lipinski definition) is 3. The summed E-state index contributed by atoms with van der Waals surface area (Å²) in [7, 11) is 0. The van der Waals surface area contributed by atoms with E-state index in [9.17, 15) is 9.59 Å². The number of rotatable bonds is 7. The second kappa shape index (κ2) is 10.6. The monoisotopic (exact) mass is 475 g/mol. The number of aromatic nitrogens is 2. The van der Waals surface area contributed by atoms with E-state index in [1.807, 2.05) is 51.4 Å². The topological polar surface area (TPSA) is 79.3 Å². The second-order valence-electron chi connectivity index (χ2n) is 10.5. The summed E-state index contributed by atoms with van der Waals surface area (Å²) in [5.41, 5.74) is 1.96. The van der Waals surface area contributed by atoms with E-state index in [-0.39, 0.29) is 29.4 Å². The summed E-state index contributed by atoms with van der Waals surface area (Å²) in [5, 5.41) is 11.1. The highest BCUT2D eigenvalue weighted by molar-refractivity contribution is 6.31. The van der Waals surface area contributed by atoms with Gasteiger partial charge >= 0.3 is 6.03 Å². The van der Waals surface area contributed by atoms with Crippen LogP contribution in [-0.4, -0.2) is 39.7 Å². The molecule has 2 aromatic rings. The van der Waals surface area contributed by atoms with Crippen molar-refractivity contribution < 1.29 is 9.59 Å². The molecule has 1 aromatic heterocycles. The number of halogens is 1. The van der Waals surface area contributed by atoms with E-state index >= 15 is 0 Å². The Morgan fingerprint density at radius 2 is 1.76 bits per heavy atom. The number of carbonyl (C=O) groups excluding carboxylic acids is 2. The van der Waals surface area contributed by atoms with Crippen LogP contribution >= 0.6 is 11.6 Å². The van der Waals surface area contributed by atoms with Crippen LogP contribution in [0.15, 0.2) is 24.3 Å². The molecule has 2 rings (SSSR count). The lowest BCUT2D eigenvalue weighted by Crippen LogP contribution is -2.41. The standard InChI is InChI=1S/C25H38ClN5O2/c1-9-10-13-30(23(33)27-18-12-11-17(2)19(26)14-18)16-22(32)28-21-15-20(24(3,4)5)29-31(21)25(6,7)8/h11-12,14-15H,9-10,13,16H2,1-8H3,(H,27,33)(H,28,32). The average Bonchev–Trinajstić information content (AvgIpc) is 3.12. The van der Waals surface area contributed by atoms with Crippen molar-refractivity contribution in [2.75, 3.05) is 23.7 Å². The van der Waals surface area contributed by atoms with Gasteiger partial charge in [-0.1, -0.05) is 51.8 Å². The van der Waals surface area contributed by atoms with Crippen LogP contribution in [-0.2, 0) is 15.7 Å². The Hall–Kier alpha value is -2.54. The van der Waals surface area contributed by atoms with E-state index in [4.69, 9.17) is 16.7 Å². The van der Waals surface area contributed by atoms with Crippen molar-refractivity contribution in [1.82, 2.24) is 14.7 Å². The third-order valence-electron chi connectivity index (χ3n) is 5.21. The van der Waals surface area contributed by atoms with Gasteiger partial charge in [-0.2, -0.15) is 5.10 Å². The molecule has 33 heavy (non-hydrogen) atoms. The summed E-state index contributed by atoms with van der Waals surface area (Å²) >= 11 is 6.18. The zero-order chi connectivity index (χ0) is 25.0. The van der Waals surface area contributed by atoms with Crippen molar-refractivity contribution in [3.05, 3.63) is 40.5 Å². The molecule has 0 atom stereocenters. The van der Waals surface area contributed by atoms with Gasteiger partial charge in [-0.25, -0.2) is 9.48 Å². The van der Waals surface area contributed by atoms with Crippen LogP contribution in [0.2, 0.25) is 5.02 Å². The number of anilines is 2. The molecule has 1 aromatic carbocycles. The van der Waals surface area contributed by atoms with E-state index in [1.165, 1.54) is 4.90 Å². The highest BCUT2D eigenvalue weighted by atomic mass is 35.5. The molecule has 0 aliphatic heterocycles. The van der Waals surface area contributed by atoms with Gasteiger partial charge in [0.25, 0.3) is 0 Å². The van der Waals surface area contributed by atoms with E-state index in [1.54, 1.807) is 12.1 Å². The Kier molecular flexibility index (Phi) is 8.57. The predicted molar refractivity (Wildman–Crippen MR) is 136 cm³/mol. The van der Waals surface area contributed by atoms with Crippen LogP contribution in [0.25, 0.3) is 0 Å². The number of nitrogens with one attached hydrogen (secondary N) is 2. The molecule has 1 heterocycles. The van der Waals surface area contributed by atoms with Gasteiger partial charge in [0.15, 0.2) is 0 Å². The molecule has 0 saturated carbocycles. The lowest BCUT2D eigenvalue weighted by Gasteiger charge is -2.25. The third-order valence-corrected chi connectivity index (χ3v) is 5.61. The third kappa shape index (κ3) is 7.49. The predicted octanol–water partition coefficient (Wildman–Crippen LogP) is 6.17. The fourth-order valence-corrected chi connectivity index (χ4v) is 3.36. The number of amides is 3. The molecule has 8 heteroatoms. The van der Waals surface area contributed by atoms with Gasteiger partial charge in [0.05, 0.1) is 11.2 Å². The van der Waals surface area contributed by atoms with Crippen molar-refractivity contribution in [2.45, 2.75) is 79.2 Å². The molecule has 0 unspecified atom stereocenters. The quantitative estimate of drug-likeness (QED) is 0.502. The van der Waals surface area contributed by atoms with Gasteiger partial charge in [0, 0.05) is 28.7 Å². The number of benzene rings is 1. The zero-order valence-corrected chi connectivity index (χ0v) is 21.9. The van der Waals surface area contributed by atoms with Crippen LogP contribution in [0, 0.1) is 6.92 Å². The average molecular weight is 476 g/mol. The van der Waals surface area contributed by atoms with Crippen LogP contribution in [0.3, 0.4) is 0 Å². The molecule has 0 spiro atoms. The molecule has 7 nitrogen and oxygen atoms in total. The molecule has 0 radical (unpaired) electrons. The molecule has 0 aliphatic carbocycles. The van der Waals surface area contributed by atoms with Gasteiger partial charge in [-0.15, -0.1) is 0 Å². The minimum Gasteiger partial charge on any atom is -0.315 e. The smallest absolute Gasteiger partial charge is 0.315 e. The minimum absolute atomic E-state index is 0.0639. The van der Waals surface area contributed by atoms with Gasteiger partial charge in [0.2, 0.25) is 5.91 Å². The summed E-state index contributed by atoms with van der Waals surface area (Å²) in [6.07, 6.45) is 1.71. The fraction of sp³-hybridized carbons (Fsp3) is 0.560. The summed E-state index contributed by atoms with van der Waals surface area (Å²) in [6.45, 7) is 16.7. The number of nitrogens with zero attached hydrogens (tertiary/aromatic N) is 3. The SMILES string of the molecule is CCCCN(CC(=O)Nc1cc(C(C)(C)C)nn1C(C)(C)C)C(=O)Nc1ccc(C)c(Cl)c1. The lowest BCUT2D eigenvalue weighted by atomic mass is 9.92. The first-order valence-corrected chi connectivity index (χ1v) is 11.8. The fourth-order valence-electron chi connectivity index (χ4n) is 3.18. The summed E-state index contributed by atoms with van der Waals surface area (Å²) in [6, 6.07) is 6.93. The van der Waals surface area contributed by atoms with Crippen LogP contribution < -0.4 is 10.6 Å². The molecule has 182 valence electrons. The van der Waals surface area contributed by atoms with Gasteiger partial charge in [0.1, 0.15) is 12.4 Å². The Bertz CT molecular complexity index is 986. The Balaban J connectivity index is 2.19. The first kappa shape index (κ1) is 26.7. The highest BCUT2D eigenvalue weighted by Crippen LogP contribution is 2.28. The van der Waals surface area contributed by atoms with Gasteiger partial charge in [-0.05, 0) is 51.8 Å². The Labute approximate surface area is 202 Å². The number of aryl methyl sites for hydroxylation is 1. The maximum Gasteiger partial charge on any atom is 0.322 e. The van der Waals surface area contributed by atoms with Crippen molar-refractivity contribution in [3.8, 4) is 0 Å². The Morgan fingerprint density at radius 1 is 1.09 bits per heavy atom. The number of carbonyl (C=O) groups is 2. The van der Waals surface area contributed by atoms with E-state index in [0.29, 0.717) is 23.1 Å². The Morgan fingerprint density at radius 3 is 2.30 bits per heavy atom. The minimum atomic E-state index is -0.335. The lowest BCUT2D eigenvalue weighted by molar-refractivity contribution is -0.116. The molecule has 0 saturated heterocycles. The number of unbranched alkanes of at least 4 members (excludes halogenated alkanes) is 1. The second-order valence-corrected chi connectivity index (χ2v) is 10.9. The van der Waals surface area contributed by atoms with Crippen LogP contribution in [0.4, 0.5) is 16.3 Å². The molecular formula is C25H38ClN5O2. The first-order valence-electron chi connectivity index (χ1n) is 11.5. The maximum absolute atomic E-state index is 13.0. The summed E-state index contributed by atoms with van der Waals surface area (Å²) in [4.78, 5) is 27.4. The van der Waals surface area contributed by atoms with E-state index in [0.717, 1.165) is 24.1 Å². The van der Waals surface area contributed by atoms with Gasteiger partial charge in [-0.3, -0.25) is 4.79 Å². The van der Waals surface area contributed by atoms with Crippen LogP contribution in [0.1, 0.15) is 72.6 Å². The molecule has 0 bridgehead atoms. The largest absolute Gasteiger partial charge is 0.322 e. The number of hydrogen-bond donors (Lipinski definition) is 2. The molecule has 2 N–H and O–H groups in total. The zero-order valence-electron chi connectivity index (χ0n) is 21.2. The number of urea groups is 1. The highest BCUT2D eigenvalue weighted by Gasteiger charge is 2.26. The van der Waals surface area contributed by atoms with Crippen molar-refractivity contribution >= 4 is 35.0 Å². The van der Waals surface area contributed by atoms with E-state index < -0.39 is 0 Å². The van der Waals surface area contributed by atoms with Crippen molar-refractivity contribution in [3.63, 3.8) is 0 Å². The van der Waals surface area contributed by atoms with E-state index in [2.05, 4.69) is 31.4 Å². The maximum atomic E-state index is 13.0.